The Morgan fingerprint density at radius 1 is 1.24 bits per heavy atom. The smallest absolute Gasteiger partial charge is 0.267 e. The van der Waals surface area contributed by atoms with Crippen LogP contribution >= 0.6 is 0 Å². The van der Waals surface area contributed by atoms with Crippen LogP contribution in [0, 0.1) is 15.9 Å². The molecule has 0 bridgehead atoms. The van der Waals surface area contributed by atoms with Crippen molar-refractivity contribution in [1.29, 1.82) is 0 Å². The summed E-state index contributed by atoms with van der Waals surface area (Å²) in [5, 5.41) is 14.3. The van der Waals surface area contributed by atoms with Crippen molar-refractivity contribution in [2.24, 2.45) is 5.10 Å². The summed E-state index contributed by atoms with van der Waals surface area (Å²) in [4.78, 5) is 21.7. The van der Waals surface area contributed by atoms with Crippen molar-refractivity contribution >= 4 is 17.8 Å². The van der Waals surface area contributed by atoms with Gasteiger partial charge in [0.2, 0.25) is 0 Å². The van der Waals surface area contributed by atoms with Crippen molar-refractivity contribution in [2.45, 2.75) is 0 Å². The molecule has 2 aromatic rings. The van der Waals surface area contributed by atoms with Gasteiger partial charge in [-0.2, -0.15) is 5.10 Å². The first-order chi connectivity index (χ1) is 10.1. The molecule has 6 nitrogen and oxygen atoms in total. The molecule has 7 heteroatoms. The SMILES string of the molecule is O=C(N/N=C\c1cccc([N+](=O)[O-])c1)c1ccccc1F. The van der Waals surface area contributed by atoms with Crippen LogP contribution in [0.15, 0.2) is 53.6 Å². The maximum absolute atomic E-state index is 13.3. The molecule has 1 amide bonds. The van der Waals surface area contributed by atoms with E-state index in [9.17, 15) is 19.3 Å². The Kier molecular flexibility index (Phi) is 4.35. The average molecular weight is 287 g/mol. The van der Waals surface area contributed by atoms with Crippen LogP contribution in [0.1, 0.15) is 15.9 Å². The van der Waals surface area contributed by atoms with Crippen LogP contribution in [0.5, 0.6) is 0 Å². The van der Waals surface area contributed by atoms with Gasteiger partial charge in [0.1, 0.15) is 5.82 Å². The number of hydrogen-bond acceptors (Lipinski definition) is 4. The molecule has 2 rings (SSSR count). The molecule has 0 spiro atoms. The third kappa shape index (κ3) is 3.69. The van der Waals surface area contributed by atoms with Gasteiger partial charge in [-0.1, -0.05) is 24.3 Å². The van der Waals surface area contributed by atoms with E-state index in [1.54, 1.807) is 6.07 Å². The monoisotopic (exact) mass is 287 g/mol. The molecule has 0 saturated heterocycles. The van der Waals surface area contributed by atoms with Crippen molar-refractivity contribution in [3.8, 4) is 0 Å². The van der Waals surface area contributed by atoms with E-state index in [0.717, 1.165) is 0 Å². The molecule has 0 heterocycles. The molecule has 0 atom stereocenters. The third-order valence-corrected chi connectivity index (χ3v) is 2.58. The molecular weight excluding hydrogens is 277 g/mol. The zero-order valence-corrected chi connectivity index (χ0v) is 10.7. The van der Waals surface area contributed by atoms with Gasteiger partial charge in [0, 0.05) is 17.7 Å². The quantitative estimate of drug-likeness (QED) is 0.532. The van der Waals surface area contributed by atoms with Crippen LogP contribution in [-0.2, 0) is 0 Å². The highest BCUT2D eigenvalue weighted by Crippen LogP contribution is 2.11. The second kappa shape index (κ2) is 6.38. The first-order valence-electron chi connectivity index (χ1n) is 5.90. The minimum absolute atomic E-state index is 0.0839. The maximum Gasteiger partial charge on any atom is 0.274 e. The fraction of sp³-hybridized carbons (Fsp3) is 0. The van der Waals surface area contributed by atoms with E-state index in [1.807, 2.05) is 0 Å². The highest BCUT2D eigenvalue weighted by atomic mass is 19.1. The molecule has 0 aliphatic rings. The van der Waals surface area contributed by atoms with E-state index in [0.29, 0.717) is 5.56 Å². The molecule has 0 unspecified atom stereocenters. The summed E-state index contributed by atoms with van der Waals surface area (Å²) in [6, 6.07) is 11.2. The Labute approximate surface area is 119 Å². The molecule has 21 heavy (non-hydrogen) atoms. The van der Waals surface area contributed by atoms with Crippen molar-refractivity contribution < 1.29 is 14.1 Å². The molecule has 0 aromatic heterocycles. The highest BCUT2D eigenvalue weighted by molar-refractivity contribution is 5.95. The molecule has 1 N–H and O–H groups in total. The van der Waals surface area contributed by atoms with Crippen LogP contribution < -0.4 is 5.43 Å². The number of carbonyl (C=O) groups is 1. The van der Waals surface area contributed by atoms with Gasteiger partial charge in [0.25, 0.3) is 11.6 Å². The van der Waals surface area contributed by atoms with Gasteiger partial charge >= 0.3 is 0 Å². The summed E-state index contributed by atoms with van der Waals surface area (Å²) >= 11 is 0. The Hall–Kier alpha value is -3.09. The van der Waals surface area contributed by atoms with Crippen LogP contribution in [-0.4, -0.2) is 17.0 Å². The summed E-state index contributed by atoms with van der Waals surface area (Å²) in [6.07, 6.45) is 1.24. The first kappa shape index (κ1) is 14.3. The topological polar surface area (TPSA) is 84.6 Å². The molecule has 0 saturated carbocycles. The maximum atomic E-state index is 13.3. The summed E-state index contributed by atoms with van der Waals surface area (Å²) in [5.74, 6) is -1.35. The van der Waals surface area contributed by atoms with Gasteiger partial charge in [0.05, 0.1) is 16.7 Å². The van der Waals surface area contributed by atoms with E-state index < -0.39 is 16.6 Å². The Morgan fingerprint density at radius 2 is 2.00 bits per heavy atom. The lowest BCUT2D eigenvalue weighted by atomic mass is 10.2. The fourth-order valence-corrected chi connectivity index (χ4v) is 1.59. The first-order valence-corrected chi connectivity index (χ1v) is 5.90. The zero-order valence-electron chi connectivity index (χ0n) is 10.7. The van der Waals surface area contributed by atoms with Crippen molar-refractivity contribution in [1.82, 2.24) is 5.43 Å². The van der Waals surface area contributed by atoms with Gasteiger partial charge in [-0.15, -0.1) is 0 Å². The summed E-state index contributed by atoms with van der Waals surface area (Å²) in [5.41, 5.74) is 2.39. The molecule has 2 aromatic carbocycles. The molecule has 0 aliphatic heterocycles. The van der Waals surface area contributed by atoms with Gasteiger partial charge < -0.3 is 0 Å². The second-order valence-electron chi connectivity index (χ2n) is 4.03. The van der Waals surface area contributed by atoms with Crippen LogP contribution in [0.25, 0.3) is 0 Å². The van der Waals surface area contributed by atoms with Crippen LogP contribution in [0.3, 0.4) is 0 Å². The van der Waals surface area contributed by atoms with Crippen molar-refractivity contribution in [3.05, 3.63) is 75.6 Å². The number of carbonyl (C=O) groups excluding carboxylic acids is 1. The van der Waals surface area contributed by atoms with Gasteiger partial charge in [-0.05, 0) is 12.1 Å². The number of nitrogens with zero attached hydrogens (tertiary/aromatic N) is 2. The second-order valence-corrected chi connectivity index (χ2v) is 4.03. The third-order valence-electron chi connectivity index (χ3n) is 2.58. The largest absolute Gasteiger partial charge is 0.274 e. The standard InChI is InChI=1S/C14H10FN3O3/c15-13-7-2-1-6-12(13)14(19)17-16-9-10-4-3-5-11(8-10)18(20)21/h1-9H,(H,17,19)/b16-9-. The fourth-order valence-electron chi connectivity index (χ4n) is 1.59. The van der Waals surface area contributed by atoms with E-state index in [-0.39, 0.29) is 11.3 Å². The highest BCUT2D eigenvalue weighted by Gasteiger charge is 2.09. The van der Waals surface area contributed by atoms with E-state index in [4.69, 9.17) is 0 Å². The number of nitro groups is 1. The van der Waals surface area contributed by atoms with Gasteiger partial charge in [-0.25, -0.2) is 9.82 Å². The lowest BCUT2D eigenvalue weighted by Gasteiger charge is -2.00. The summed E-state index contributed by atoms with van der Waals surface area (Å²) < 4.78 is 13.3. The number of nitro benzene ring substituents is 1. The minimum Gasteiger partial charge on any atom is -0.267 e. The predicted molar refractivity (Wildman–Crippen MR) is 74.6 cm³/mol. The predicted octanol–water partition coefficient (Wildman–Crippen LogP) is 2.50. The number of amides is 1. The van der Waals surface area contributed by atoms with Gasteiger partial charge in [-0.3, -0.25) is 14.9 Å². The molecule has 0 fully saturated rings. The molecule has 106 valence electrons. The Bertz CT molecular complexity index is 716. The Balaban J connectivity index is 2.06. The van der Waals surface area contributed by atoms with Gasteiger partial charge in [0.15, 0.2) is 0 Å². The lowest BCUT2D eigenvalue weighted by molar-refractivity contribution is -0.384. The van der Waals surface area contributed by atoms with E-state index in [2.05, 4.69) is 10.5 Å². The number of hydrogen-bond donors (Lipinski definition) is 1. The minimum atomic E-state index is -0.699. The summed E-state index contributed by atoms with van der Waals surface area (Å²) in [7, 11) is 0. The van der Waals surface area contributed by atoms with E-state index in [1.165, 1.54) is 48.7 Å². The lowest BCUT2D eigenvalue weighted by Crippen LogP contribution is -2.18. The normalized spacial score (nSPS) is 10.5. The number of hydrazone groups is 1. The van der Waals surface area contributed by atoms with E-state index >= 15 is 0 Å². The number of benzene rings is 2. The average Bonchev–Trinajstić information content (AvgIpc) is 2.48. The van der Waals surface area contributed by atoms with Crippen LogP contribution in [0.2, 0.25) is 0 Å². The molecule has 0 aliphatic carbocycles. The zero-order chi connectivity index (χ0) is 15.2. The number of non-ortho nitro benzene ring substituents is 1. The molecular formula is C14H10FN3O3. The molecule has 0 radical (unpaired) electrons. The summed E-state index contributed by atoms with van der Waals surface area (Å²) in [6.45, 7) is 0. The van der Waals surface area contributed by atoms with Crippen LogP contribution in [0.4, 0.5) is 10.1 Å². The van der Waals surface area contributed by atoms with Crippen molar-refractivity contribution in [2.75, 3.05) is 0 Å². The number of halogens is 1. The number of nitrogens with one attached hydrogen (secondary N) is 1. The Morgan fingerprint density at radius 3 is 2.71 bits per heavy atom. The van der Waals surface area contributed by atoms with Crippen molar-refractivity contribution in [3.63, 3.8) is 0 Å². The number of rotatable bonds is 4.